The molecule has 29 heavy (non-hydrogen) atoms. The molecule has 1 aliphatic rings. The molecule has 0 unspecified atom stereocenters. The quantitative estimate of drug-likeness (QED) is 0.502. The van der Waals surface area contributed by atoms with Gasteiger partial charge in [-0.05, 0) is 37.0 Å². The van der Waals surface area contributed by atoms with E-state index in [-0.39, 0.29) is 30.1 Å². The zero-order valence-corrected chi connectivity index (χ0v) is 16.1. The lowest BCUT2D eigenvalue weighted by Crippen LogP contribution is -2.59. The molecule has 1 aliphatic carbocycles. The molecule has 0 bridgehead atoms. The largest absolute Gasteiger partial charge is 0.388 e. The lowest BCUT2D eigenvalue weighted by molar-refractivity contribution is -0.124. The number of aromatic nitrogens is 3. The molecule has 0 spiro atoms. The van der Waals surface area contributed by atoms with Crippen LogP contribution in [0.25, 0.3) is 11.0 Å². The number of carbonyl (C=O) groups excluding carboxylic acids is 2. The summed E-state index contributed by atoms with van der Waals surface area (Å²) >= 11 is 0. The number of nitrogens with zero attached hydrogens (tertiary/aromatic N) is 2. The van der Waals surface area contributed by atoms with Gasteiger partial charge >= 0.3 is 0 Å². The molecule has 4 N–H and O–H groups in total. The topological polar surface area (TPSA) is 120 Å². The molecule has 0 radical (unpaired) electrons. The number of carbonyl (C=O) groups is 2. The Labute approximate surface area is 167 Å². The summed E-state index contributed by atoms with van der Waals surface area (Å²) in [6.45, 7) is 2.08. The van der Waals surface area contributed by atoms with Gasteiger partial charge in [-0.2, -0.15) is 0 Å². The number of H-pyrrole nitrogens is 1. The van der Waals surface area contributed by atoms with Crippen LogP contribution in [-0.4, -0.2) is 50.1 Å². The summed E-state index contributed by atoms with van der Waals surface area (Å²) in [5, 5.41) is 16.9. The fraction of sp³-hybridized carbons (Fsp3) is 0.333. The predicted molar refractivity (Wildman–Crippen MR) is 107 cm³/mol. The first-order valence-electron chi connectivity index (χ1n) is 9.56. The van der Waals surface area contributed by atoms with E-state index >= 15 is 0 Å². The van der Waals surface area contributed by atoms with Crippen molar-refractivity contribution < 1.29 is 14.7 Å². The molecular formula is C21H23N5O3. The summed E-state index contributed by atoms with van der Waals surface area (Å²) < 4.78 is 0. The van der Waals surface area contributed by atoms with Gasteiger partial charge in [0.25, 0.3) is 5.91 Å². The molecule has 0 saturated heterocycles. The molecular weight excluding hydrogens is 370 g/mol. The third kappa shape index (κ3) is 4.12. The summed E-state index contributed by atoms with van der Waals surface area (Å²) in [6.07, 6.45) is 4.14. The first kappa shape index (κ1) is 19.1. The lowest BCUT2D eigenvalue weighted by Gasteiger charge is -2.43. The Bertz CT molecular complexity index is 1060. The highest BCUT2D eigenvalue weighted by Crippen LogP contribution is 2.32. The molecule has 3 aromatic rings. The lowest BCUT2D eigenvalue weighted by atomic mass is 9.75. The molecule has 0 atom stereocenters. The molecule has 2 heterocycles. The number of rotatable bonds is 6. The number of hydrogen-bond acceptors (Lipinski definition) is 5. The number of fused-ring (bicyclic) bond motifs is 1. The highest BCUT2D eigenvalue weighted by molar-refractivity contribution is 6.03. The van der Waals surface area contributed by atoms with Crippen LogP contribution in [0.15, 0.2) is 42.9 Å². The van der Waals surface area contributed by atoms with Crippen LogP contribution in [-0.2, 0) is 11.2 Å². The van der Waals surface area contributed by atoms with Crippen LogP contribution in [0.1, 0.15) is 34.5 Å². The Hall–Kier alpha value is -3.26. The highest BCUT2D eigenvalue weighted by Gasteiger charge is 2.43. The van der Waals surface area contributed by atoms with Gasteiger partial charge in [-0.25, -0.2) is 9.97 Å². The van der Waals surface area contributed by atoms with E-state index in [1.165, 1.54) is 6.33 Å². The van der Waals surface area contributed by atoms with Gasteiger partial charge in [0.1, 0.15) is 17.7 Å². The fourth-order valence-electron chi connectivity index (χ4n) is 3.75. The Morgan fingerprint density at radius 3 is 2.83 bits per heavy atom. The molecule has 2 amide bonds. The number of benzene rings is 1. The van der Waals surface area contributed by atoms with Crippen molar-refractivity contribution in [1.82, 2.24) is 25.6 Å². The van der Waals surface area contributed by atoms with Crippen LogP contribution >= 0.6 is 0 Å². The number of aliphatic hydroxyl groups is 1. The van der Waals surface area contributed by atoms with Crippen molar-refractivity contribution in [3.8, 4) is 0 Å². The molecule has 1 saturated carbocycles. The maximum atomic E-state index is 12.4. The van der Waals surface area contributed by atoms with Gasteiger partial charge in [0.05, 0.1) is 17.4 Å². The SMILES string of the molecule is Cc1ccccc1CC(=O)NC1CC(O)(CNC(=O)c2ncnc3[nH]ccc23)C1. The molecule has 4 rings (SSSR count). The van der Waals surface area contributed by atoms with Crippen LogP contribution < -0.4 is 10.6 Å². The van der Waals surface area contributed by atoms with E-state index in [0.717, 1.165) is 11.1 Å². The number of aromatic amines is 1. The summed E-state index contributed by atoms with van der Waals surface area (Å²) in [5.74, 6) is -0.427. The Morgan fingerprint density at radius 1 is 1.24 bits per heavy atom. The van der Waals surface area contributed by atoms with Crippen LogP contribution in [0.5, 0.6) is 0 Å². The average molecular weight is 393 g/mol. The standard InChI is InChI=1S/C21H23N5O3/c1-13-4-2-3-5-14(13)8-17(27)26-15-9-21(29,10-15)11-23-20(28)18-16-6-7-22-19(16)25-12-24-18/h2-7,12,15,29H,8-11H2,1H3,(H,23,28)(H,26,27)(H,22,24,25). The van der Waals surface area contributed by atoms with Gasteiger partial charge in [-0.3, -0.25) is 9.59 Å². The molecule has 0 aliphatic heterocycles. The van der Waals surface area contributed by atoms with Crippen molar-refractivity contribution >= 4 is 22.8 Å². The van der Waals surface area contributed by atoms with Crippen LogP contribution in [0.3, 0.4) is 0 Å². The second kappa shape index (κ2) is 7.63. The first-order chi connectivity index (χ1) is 13.9. The van der Waals surface area contributed by atoms with E-state index in [0.29, 0.717) is 30.3 Å². The Morgan fingerprint density at radius 2 is 2.03 bits per heavy atom. The van der Waals surface area contributed by atoms with Gasteiger partial charge in [-0.15, -0.1) is 0 Å². The Balaban J connectivity index is 1.26. The monoisotopic (exact) mass is 393 g/mol. The number of hydrogen-bond donors (Lipinski definition) is 4. The maximum absolute atomic E-state index is 12.4. The van der Waals surface area contributed by atoms with Crippen molar-refractivity contribution in [2.45, 2.75) is 37.8 Å². The molecule has 1 aromatic carbocycles. The molecule has 2 aromatic heterocycles. The van der Waals surface area contributed by atoms with E-state index in [1.54, 1.807) is 12.3 Å². The second-order valence-corrected chi connectivity index (χ2v) is 7.65. The van der Waals surface area contributed by atoms with Gasteiger partial charge < -0.3 is 20.7 Å². The summed E-state index contributed by atoms with van der Waals surface area (Å²) in [5.41, 5.74) is 1.90. The zero-order valence-electron chi connectivity index (χ0n) is 16.1. The smallest absolute Gasteiger partial charge is 0.270 e. The van der Waals surface area contributed by atoms with E-state index in [1.807, 2.05) is 31.2 Å². The van der Waals surface area contributed by atoms with E-state index in [2.05, 4.69) is 25.6 Å². The van der Waals surface area contributed by atoms with Crippen molar-refractivity contribution in [2.75, 3.05) is 6.54 Å². The zero-order chi connectivity index (χ0) is 20.4. The summed E-state index contributed by atoms with van der Waals surface area (Å²) in [7, 11) is 0. The van der Waals surface area contributed by atoms with Gasteiger partial charge in [0, 0.05) is 18.8 Å². The Kier molecular flexibility index (Phi) is 5.02. The van der Waals surface area contributed by atoms with Crippen molar-refractivity contribution in [1.29, 1.82) is 0 Å². The van der Waals surface area contributed by atoms with Crippen molar-refractivity contribution in [3.05, 3.63) is 59.7 Å². The van der Waals surface area contributed by atoms with Gasteiger partial charge in [-0.1, -0.05) is 24.3 Å². The number of amides is 2. The third-order valence-corrected chi connectivity index (χ3v) is 5.38. The van der Waals surface area contributed by atoms with Crippen molar-refractivity contribution in [2.24, 2.45) is 0 Å². The molecule has 8 nitrogen and oxygen atoms in total. The minimum absolute atomic E-state index is 0.0637. The van der Waals surface area contributed by atoms with Crippen LogP contribution in [0.4, 0.5) is 0 Å². The van der Waals surface area contributed by atoms with Crippen LogP contribution in [0.2, 0.25) is 0 Å². The van der Waals surface area contributed by atoms with Crippen LogP contribution in [0, 0.1) is 6.92 Å². The predicted octanol–water partition coefficient (Wildman–Crippen LogP) is 1.25. The van der Waals surface area contributed by atoms with Gasteiger partial charge in [0.15, 0.2) is 0 Å². The van der Waals surface area contributed by atoms with Gasteiger partial charge in [0.2, 0.25) is 5.91 Å². The summed E-state index contributed by atoms with van der Waals surface area (Å²) in [6, 6.07) is 9.42. The number of aryl methyl sites for hydroxylation is 1. The third-order valence-electron chi connectivity index (χ3n) is 5.38. The number of nitrogens with one attached hydrogen (secondary N) is 3. The minimum atomic E-state index is -1.03. The van der Waals surface area contributed by atoms with E-state index in [4.69, 9.17) is 0 Å². The summed E-state index contributed by atoms with van der Waals surface area (Å²) in [4.78, 5) is 35.7. The molecule has 150 valence electrons. The fourth-order valence-corrected chi connectivity index (χ4v) is 3.75. The van der Waals surface area contributed by atoms with Crippen molar-refractivity contribution in [3.63, 3.8) is 0 Å². The average Bonchev–Trinajstić information content (AvgIpc) is 3.15. The molecule has 8 heteroatoms. The first-order valence-corrected chi connectivity index (χ1v) is 9.56. The van der Waals surface area contributed by atoms with E-state index < -0.39 is 5.60 Å². The van der Waals surface area contributed by atoms with E-state index in [9.17, 15) is 14.7 Å². The maximum Gasteiger partial charge on any atom is 0.270 e. The minimum Gasteiger partial charge on any atom is -0.388 e. The second-order valence-electron chi connectivity index (χ2n) is 7.65. The molecule has 1 fully saturated rings. The highest BCUT2D eigenvalue weighted by atomic mass is 16.3. The normalized spacial score (nSPS) is 20.8.